The Bertz CT molecular complexity index is 1940. The van der Waals surface area contributed by atoms with Crippen molar-refractivity contribution in [3.05, 3.63) is 90.3 Å². The largest absolute Gasteiger partial charge is 1.00 e. The fourth-order valence-electron chi connectivity index (χ4n) is 3.82. The van der Waals surface area contributed by atoms with Gasteiger partial charge in [-0.05, 0) is 68.5 Å². The smallest absolute Gasteiger partial charge is 0.744 e. The Morgan fingerprint density at radius 1 is 0.891 bits per heavy atom. The van der Waals surface area contributed by atoms with Crippen molar-refractivity contribution >= 4 is 55.6 Å². The molecule has 0 fully saturated rings. The molecule has 19 heteroatoms. The van der Waals surface area contributed by atoms with Crippen LogP contribution in [0.5, 0.6) is 0 Å². The van der Waals surface area contributed by atoms with Crippen LogP contribution in [0.15, 0.2) is 87.3 Å². The molecule has 1 aromatic heterocycles. The number of ether oxygens (including phenoxy) is 2. The van der Waals surface area contributed by atoms with Crippen LogP contribution in [0, 0.1) is 6.61 Å². The van der Waals surface area contributed by atoms with Gasteiger partial charge in [-0.3, -0.25) is 4.79 Å². The van der Waals surface area contributed by atoms with Crippen molar-refractivity contribution in [1.82, 2.24) is 9.78 Å². The Labute approximate surface area is 349 Å². The molecular weight excluding hydrogens is 699 g/mol. The Balaban J connectivity index is 0.00000368. The molecule has 3 aromatic rings. The molecule has 0 N–H and O–H groups in total. The molecule has 0 saturated carbocycles. The Morgan fingerprint density at radius 3 is 1.93 bits per heavy atom. The number of carbonyl (C=O) groups excluding carboxylic acids is 3. The molecule has 0 spiro atoms. The third-order valence-corrected chi connectivity index (χ3v) is 7.51. The van der Waals surface area contributed by atoms with E-state index >= 15 is 0 Å². The van der Waals surface area contributed by atoms with Crippen LogP contribution < -0.4 is 108 Å². The van der Waals surface area contributed by atoms with Crippen LogP contribution >= 0.6 is 0 Å². The van der Waals surface area contributed by atoms with E-state index in [4.69, 9.17) is 9.47 Å². The van der Waals surface area contributed by atoms with E-state index in [2.05, 4.69) is 10.2 Å². The van der Waals surface area contributed by atoms with E-state index in [1.54, 1.807) is 6.92 Å². The number of amides is 1. The molecule has 15 nitrogen and oxygen atoms in total. The van der Waals surface area contributed by atoms with Crippen molar-refractivity contribution in [2.45, 2.75) is 23.6 Å². The van der Waals surface area contributed by atoms with Crippen LogP contribution in [0.3, 0.4) is 0 Å². The molecule has 1 aliphatic rings. The molecule has 1 radical (unpaired) electrons. The summed E-state index contributed by atoms with van der Waals surface area (Å²) in [5.41, 5.74) is -0.154. The van der Waals surface area contributed by atoms with Crippen molar-refractivity contribution < 1.29 is 153 Å². The van der Waals surface area contributed by atoms with Gasteiger partial charge in [0.05, 0.1) is 33.3 Å². The van der Waals surface area contributed by atoms with E-state index in [0.29, 0.717) is 5.69 Å². The number of carbonyl (C=O) groups is 3. The molecule has 46 heavy (non-hydrogen) atoms. The summed E-state index contributed by atoms with van der Waals surface area (Å²) in [5.74, 6) is -2.54. The molecule has 0 unspecified atom stereocenters. The number of benzene rings is 2. The van der Waals surface area contributed by atoms with E-state index in [-0.39, 0.29) is 138 Å². The first-order valence-electron chi connectivity index (χ1n) is 12.4. The van der Waals surface area contributed by atoms with Crippen molar-refractivity contribution in [2.24, 2.45) is 5.10 Å². The maximum Gasteiger partial charge on any atom is 1.00 e. The maximum absolute atomic E-state index is 13.3. The van der Waals surface area contributed by atoms with E-state index < -0.39 is 47.9 Å². The predicted octanol–water partition coefficient (Wildman–Crippen LogP) is -4.07. The molecule has 0 aliphatic carbocycles. The number of allylic oxidation sites excluding steroid dienone is 2. The summed E-state index contributed by atoms with van der Waals surface area (Å²) in [6.07, 6.45) is 5.36. The van der Waals surface area contributed by atoms with Gasteiger partial charge in [-0.1, -0.05) is 12.2 Å². The minimum atomic E-state index is -4.74. The molecule has 0 bridgehead atoms. The molecule has 2 heterocycles. The van der Waals surface area contributed by atoms with Crippen LogP contribution in [0.2, 0.25) is 0 Å². The third-order valence-electron chi connectivity index (χ3n) is 5.81. The van der Waals surface area contributed by atoms with Gasteiger partial charge in [-0.25, -0.2) is 31.1 Å². The topological polar surface area (TPSA) is 217 Å². The number of hydrogen-bond acceptors (Lipinski definition) is 13. The van der Waals surface area contributed by atoms with Gasteiger partial charge in [-0.2, -0.15) is 15.2 Å². The zero-order valence-corrected chi connectivity index (χ0v) is 32.7. The van der Waals surface area contributed by atoms with E-state index in [0.717, 1.165) is 35.9 Å². The van der Waals surface area contributed by atoms with E-state index in [1.165, 1.54) is 60.3 Å². The maximum atomic E-state index is 13.3. The molecule has 229 valence electrons. The number of anilines is 1. The first-order valence-corrected chi connectivity index (χ1v) is 15.3. The van der Waals surface area contributed by atoms with Crippen molar-refractivity contribution in [3.8, 4) is 5.69 Å². The molecule has 4 rings (SSSR count). The molecule has 0 saturated heterocycles. The Kier molecular flexibility index (Phi) is 15.1. The van der Waals surface area contributed by atoms with Gasteiger partial charge in [0, 0.05) is 11.8 Å². The average Bonchev–Trinajstić information content (AvgIpc) is 3.54. The van der Waals surface area contributed by atoms with Crippen LogP contribution in [0.4, 0.5) is 5.69 Å². The van der Waals surface area contributed by atoms with Gasteiger partial charge >= 0.3 is 115 Å². The minimum absolute atomic E-state index is 0. The summed E-state index contributed by atoms with van der Waals surface area (Å²) in [6.45, 7) is 4.14. The van der Waals surface area contributed by atoms with Crippen molar-refractivity contribution in [3.63, 3.8) is 0 Å². The second-order valence-corrected chi connectivity index (χ2v) is 11.4. The second-order valence-electron chi connectivity index (χ2n) is 8.64. The monoisotopic (exact) mass is 719 g/mol. The van der Waals surface area contributed by atoms with Gasteiger partial charge in [0.25, 0.3) is 5.91 Å². The van der Waals surface area contributed by atoms with E-state index in [9.17, 15) is 40.3 Å². The van der Waals surface area contributed by atoms with Crippen LogP contribution in [-0.2, 0) is 39.3 Å². The quantitative estimate of drug-likeness (QED) is 0.0846. The number of aromatic nitrogens is 2. The fraction of sp³-hybridized carbons (Fsp3) is 0.111. The standard InChI is InChI=1S/C27H23N4O11S2.2K/c1-3-41-26(33)23-17(16-30(28-23)18-8-12-20(13-9-18)43(35,36)37)6-5-7-22-24(27(34)42-4-2)29-31(25(22)32)19-10-14-21(15-11-19)44(38,39)40;;/h4-16H,3H2,1-2H3,(H,35,36,37)(H,38,39,40);;/q;2*+1/p-2/b6-5?,22-7-;;. The molecule has 2 aromatic carbocycles. The van der Waals surface area contributed by atoms with E-state index in [1.807, 2.05) is 0 Å². The van der Waals surface area contributed by atoms with Gasteiger partial charge in [-0.15, -0.1) is 0 Å². The zero-order chi connectivity index (χ0) is 32.2. The third kappa shape index (κ3) is 9.69. The Hall–Kier alpha value is -1.70. The molecule has 1 amide bonds. The van der Waals surface area contributed by atoms with Gasteiger partial charge in [0.2, 0.25) is 0 Å². The van der Waals surface area contributed by atoms with Gasteiger partial charge < -0.3 is 18.6 Å². The Morgan fingerprint density at radius 2 is 1.43 bits per heavy atom. The molecule has 0 atom stereocenters. The first-order chi connectivity index (χ1) is 20.7. The molecular formula is C27H21K2N4O11S2. The summed E-state index contributed by atoms with van der Waals surface area (Å²) >= 11 is 0. The fourth-order valence-corrected chi connectivity index (χ4v) is 4.76. The number of hydrazone groups is 1. The van der Waals surface area contributed by atoms with Gasteiger partial charge in [0.1, 0.15) is 26.8 Å². The number of esters is 2. The van der Waals surface area contributed by atoms with Crippen molar-refractivity contribution in [2.75, 3.05) is 11.6 Å². The zero-order valence-electron chi connectivity index (χ0n) is 24.8. The normalized spacial score (nSPS) is 14.1. The number of nitrogens with zero attached hydrogens (tertiary/aromatic N) is 4. The van der Waals surface area contributed by atoms with Crippen LogP contribution in [0.25, 0.3) is 11.8 Å². The van der Waals surface area contributed by atoms with Crippen LogP contribution in [-0.4, -0.2) is 65.9 Å². The second kappa shape index (κ2) is 17.1. The number of rotatable bonds is 10. The predicted molar refractivity (Wildman–Crippen MR) is 150 cm³/mol. The summed E-state index contributed by atoms with van der Waals surface area (Å²) in [7, 11) is -9.42. The minimum Gasteiger partial charge on any atom is -0.744 e. The van der Waals surface area contributed by atoms with Gasteiger partial charge in [0.15, 0.2) is 11.4 Å². The molecule has 1 aliphatic heterocycles. The SMILES string of the molecule is C[CH]OC(=O)C1=NN(c2ccc(S(=O)(=O)[O-])cc2)C(=O)/C1=C\C=Cc1cn(-c2ccc(S(=O)(=O)[O-])cc2)nc1C(=O)OCC.[K+].[K+]. The summed E-state index contributed by atoms with van der Waals surface area (Å²) < 4.78 is 78.7. The first kappa shape index (κ1) is 40.5. The summed E-state index contributed by atoms with van der Waals surface area (Å²) in [4.78, 5) is 37.4. The summed E-state index contributed by atoms with van der Waals surface area (Å²) in [5, 5.41) is 9.04. The van der Waals surface area contributed by atoms with Crippen LogP contribution in [0.1, 0.15) is 29.9 Å². The number of hydrogen-bond donors (Lipinski definition) is 0. The average molecular weight is 720 g/mol. The summed E-state index contributed by atoms with van der Waals surface area (Å²) in [6, 6.07) is 9.10. The van der Waals surface area contributed by atoms with Crippen molar-refractivity contribution in [1.29, 1.82) is 0 Å².